The summed E-state index contributed by atoms with van der Waals surface area (Å²) in [6, 6.07) is 0.802. The summed E-state index contributed by atoms with van der Waals surface area (Å²) >= 11 is 0. The number of nitrogens with two attached hydrogens (primary N) is 2. The fraction of sp³-hybridized carbons (Fsp3) is 0.661. The summed E-state index contributed by atoms with van der Waals surface area (Å²) < 4.78 is 35.9. The molecular formula is C62H93N12O26+. The van der Waals surface area contributed by atoms with E-state index in [1.165, 1.54) is 24.3 Å². The van der Waals surface area contributed by atoms with Crippen molar-refractivity contribution in [3.8, 4) is 5.75 Å². The number of ether oxygens (including phenoxy) is 6. The van der Waals surface area contributed by atoms with Crippen LogP contribution in [-0.2, 0) is 63.7 Å². The smallest absolute Gasteiger partial charge is 0.346 e. The number of carbonyl (C=O) groups excluding carboxylic acids is 7. The lowest BCUT2D eigenvalue weighted by Crippen LogP contribution is -2.68. The monoisotopic (exact) mass is 1420 g/mol. The van der Waals surface area contributed by atoms with Crippen molar-refractivity contribution in [3.05, 3.63) is 65.7 Å². The molecule has 25 atom stereocenters. The van der Waals surface area contributed by atoms with Crippen LogP contribution in [0.3, 0.4) is 0 Å². The molecule has 556 valence electrons. The average molecular weight is 1420 g/mol. The summed E-state index contributed by atoms with van der Waals surface area (Å²) in [5, 5.41) is 162. The Labute approximate surface area is 572 Å². The van der Waals surface area contributed by atoms with Crippen LogP contribution < -0.4 is 58.7 Å². The molecule has 0 aromatic heterocycles. The van der Waals surface area contributed by atoms with Crippen LogP contribution in [0.5, 0.6) is 5.75 Å². The number of carbonyl (C=O) groups is 7. The SMILES string of the molecule is CCCC(CCC)C(=O)OC[C@H]1O[C@@H](Oc2ccc(C[C@H]3NC(=O)[C@@H]([C@H](C)c4ccccc4)NC(=O)CNC(=O)C(CO)NC(=O)[C@@H]([C@H](O)[C@@H]4CNC(N)=[N+]4[C@@H]4O[C@@H](CO)[C@H](O)[C@H](O)[C@@H]4O)NC(=O)[C@H]([C@H](O)[C@@H]4CNC(N)=N4)NC3=O)cc2)[C@H](O)[C@H](O)[C@H]1O[C@@H]1O[C@@H](CO)[C@H](O)[C@H](O)[C@@H]1O. The largest absolute Gasteiger partial charge is 0.463 e. The third-order valence-corrected chi connectivity index (χ3v) is 18.4. The third kappa shape index (κ3) is 18.4. The minimum atomic E-state index is -2.34. The number of aliphatic hydroxyl groups is 13. The Kier molecular flexibility index (Phi) is 27.6. The predicted molar refractivity (Wildman–Crippen MR) is 339 cm³/mol. The zero-order chi connectivity index (χ0) is 73.0. The van der Waals surface area contributed by atoms with Gasteiger partial charge in [-0.05, 0) is 36.1 Å². The molecule has 6 aliphatic rings. The molecule has 4 saturated heterocycles. The summed E-state index contributed by atoms with van der Waals surface area (Å²) in [5.74, 6) is -10.1. The van der Waals surface area contributed by atoms with Gasteiger partial charge in [0.1, 0.15) is 141 Å². The van der Waals surface area contributed by atoms with Gasteiger partial charge in [-0.2, -0.15) is 0 Å². The van der Waals surface area contributed by atoms with E-state index in [0.717, 1.165) is 4.58 Å². The van der Waals surface area contributed by atoms with Gasteiger partial charge >= 0.3 is 11.9 Å². The first-order chi connectivity index (χ1) is 47.6. The second kappa shape index (κ2) is 35.3. The van der Waals surface area contributed by atoms with E-state index in [4.69, 9.17) is 39.9 Å². The molecule has 100 heavy (non-hydrogen) atoms. The molecule has 0 radical (unpaired) electrons. The lowest BCUT2D eigenvalue weighted by Gasteiger charge is -2.46. The van der Waals surface area contributed by atoms with Gasteiger partial charge in [-0.1, -0.05) is 76.1 Å². The highest BCUT2D eigenvalue weighted by molar-refractivity contribution is 5.98. The van der Waals surface area contributed by atoms with Crippen molar-refractivity contribution in [3.63, 3.8) is 0 Å². The number of aliphatic hydroxyl groups excluding tert-OH is 13. The van der Waals surface area contributed by atoms with Crippen LogP contribution >= 0.6 is 0 Å². The van der Waals surface area contributed by atoms with E-state index in [1.807, 2.05) is 13.8 Å². The maximum Gasteiger partial charge on any atom is 0.346 e. The van der Waals surface area contributed by atoms with Crippen LogP contribution in [0.1, 0.15) is 63.5 Å². The van der Waals surface area contributed by atoms with Gasteiger partial charge in [-0.3, -0.25) is 44.6 Å². The minimum absolute atomic E-state index is 0.0824. The van der Waals surface area contributed by atoms with Crippen molar-refractivity contribution in [2.45, 2.75) is 205 Å². The molecule has 6 aliphatic heterocycles. The zero-order valence-corrected chi connectivity index (χ0v) is 54.9. The number of esters is 1. The highest BCUT2D eigenvalue weighted by Crippen LogP contribution is 2.33. The van der Waals surface area contributed by atoms with Crippen molar-refractivity contribution in [2.75, 3.05) is 46.1 Å². The molecule has 2 aromatic carbocycles. The van der Waals surface area contributed by atoms with Crippen molar-refractivity contribution in [1.82, 2.24) is 42.5 Å². The van der Waals surface area contributed by atoms with Gasteiger partial charge in [0.2, 0.25) is 48.0 Å². The molecule has 2 aromatic rings. The minimum Gasteiger partial charge on any atom is -0.463 e. The number of nitrogens with zero attached hydrogens (tertiary/aromatic N) is 2. The van der Waals surface area contributed by atoms with Gasteiger partial charge in [0, 0.05) is 18.9 Å². The van der Waals surface area contributed by atoms with Gasteiger partial charge in [-0.25, -0.2) is 9.57 Å². The lowest BCUT2D eigenvalue weighted by molar-refractivity contribution is -0.663. The second-order valence-corrected chi connectivity index (χ2v) is 25.3. The first-order valence-electron chi connectivity index (χ1n) is 32.9. The van der Waals surface area contributed by atoms with E-state index in [9.17, 15) is 90.4 Å². The number of aliphatic imine (C=N–C) groups is 1. The van der Waals surface area contributed by atoms with Crippen LogP contribution in [0.15, 0.2) is 59.6 Å². The predicted octanol–water partition coefficient (Wildman–Crippen LogP) is -11.5. The first-order valence-corrected chi connectivity index (χ1v) is 32.9. The van der Waals surface area contributed by atoms with Crippen molar-refractivity contribution in [1.29, 1.82) is 0 Å². The summed E-state index contributed by atoms with van der Waals surface area (Å²) in [7, 11) is 0. The first kappa shape index (κ1) is 78.1. The van der Waals surface area contributed by atoms with Crippen LogP contribution in [0.4, 0.5) is 0 Å². The van der Waals surface area contributed by atoms with Crippen LogP contribution in [0.25, 0.3) is 0 Å². The standard InChI is InChI=1S/C62H92N12O26/c1-4-9-28(10-5-2)58(94)95-24-36-51(100-60-49(87)46(84)44(82)35(23-77)98-60)47(85)50(88)59(99-36)96-29-15-13-26(14-16-29)17-30-53(90)72-39(41(79)31-18-66-61(63)70-31)56(93)73-40(42(80)33-19-67-62(64)74(33)57-48(86)45(83)43(81)34(22-76)97-57)55(92)69-32(21-75)52(89)65-20-37(78)71-38(54(91)68-30)25(3)27-11-7-6-8-12-27/h6-8,11-16,25,28,30-36,38-51,57,59-60,75-77,79-88H,4-5,9-10,17-24H2,1-3H3,(H11,63,64,65,66,67,68,69,70,71,72,73,78,89,90,91,92,93)/p+1/t25-,30-,31+,32?,33+,34+,35+,36-,38-,39+,40-,41-,42-,43+,44+,45+,46+,47+,48+,49+,50-,51+,57-,59-,60+/m1/s1. The van der Waals surface area contributed by atoms with Gasteiger partial charge in [0.15, 0.2) is 12.2 Å². The molecule has 38 nitrogen and oxygen atoms in total. The van der Waals surface area contributed by atoms with E-state index in [1.54, 1.807) is 37.3 Å². The van der Waals surface area contributed by atoms with Gasteiger partial charge < -0.3 is 138 Å². The Morgan fingerprint density at radius 1 is 0.610 bits per heavy atom. The molecule has 6 heterocycles. The van der Waals surface area contributed by atoms with Crippen molar-refractivity contribution < 1.29 is 133 Å². The highest BCUT2D eigenvalue weighted by atomic mass is 16.7. The van der Waals surface area contributed by atoms with Crippen LogP contribution in [0, 0.1) is 5.92 Å². The lowest BCUT2D eigenvalue weighted by atomic mass is 9.92. The summed E-state index contributed by atoms with van der Waals surface area (Å²) in [4.78, 5) is 105. The van der Waals surface area contributed by atoms with E-state index >= 15 is 9.59 Å². The number of hydrogen-bond acceptors (Lipinski definition) is 31. The van der Waals surface area contributed by atoms with E-state index in [2.05, 4.69) is 47.5 Å². The Morgan fingerprint density at radius 3 is 1.81 bits per heavy atom. The molecule has 0 spiro atoms. The van der Waals surface area contributed by atoms with Crippen molar-refractivity contribution >= 4 is 53.3 Å². The fourth-order valence-corrected chi connectivity index (χ4v) is 12.6. The summed E-state index contributed by atoms with van der Waals surface area (Å²) in [6.07, 6.45) is -29.8. The molecule has 8 rings (SSSR count). The average Bonchev–Trinajstić information content (AvgIpc) is 1.41. The van der Waals surface area contributed by atoms with E-state index in [0.29, 0.717) is 31.2 Å². The Balaban J connectivity index is 1.12. The summed E-state index contributed by atoms with van der Waals surface area (Å²) in [5.41, 5.74) is 12.9. The highest BCUT2D eigenvalue weighted by Gasteiger charge is 2.55. The molecular weight excluding hydrogens is 1330 g/mol. The second-order valence-electron chi connectivity index (χ2n) is 25.3. The molecule has 0 bridgehead atoms. The number of guanidine groups is 2. The van der Waals surface area contributed by atoms with Crippen LogP contribution in [0.2, 0.25) is 0 Å². The zero-order valence-electron chi connectivity index (χ0n) is 54.9. The van der Waals surface area contributed by atoms with E-state index in [-0.39, 0.29) is 29.8 Å². The Hall–Kier alpha value is -7.61. The molecule has 4 fully saturated rings. The fourth-order valence-electron chi connectivity index (χ4n) is 12.6. The maximum absolute atomic E-state index is 15.3. The van der Waals surface area contributed by atoms with E-state index < -0.39 is 246 Å². The van der Waals surface area contributed by atoms with Gasteiger partial charge in [0.05, 0.1) is 38.3 Å². The molecule has 25 N–H and O–H groups in total. The van der Waals surface area contributed by atoms with Crippen LogP contribution in [-0.4, -0.2) is 317 Å². The normalized spacial score (nSPS) is 35.2. The number of amides is 6. The molecule has 0 saturated carbocycles. The van der Waals surface area contributed by atoms with Crippen molar-refractivity contribution in [2.24, 2.45) is 22.4 Å². The number of hydrogen-bond donors (Lipinski definition) is 23. The van der Waals surface area contributed by atoms with Gasteiger partial charge in [0.25, 0.3) is 0 Å². The topological polar surface area (TPSA) is 602 Å². The molecule has 1 unspecified atom stereocenters. The number of nitrogens with one attached hydrogen (secondary N) is 8. The third-order valence-electron chi connectivity index (χ3n) is 18.4. The Morgan fingerprint density at radius 2 is 1.19 bits per heavy atom. The quantitative estimate of drug-likeness (QED) is 0.0363. The molecule has 6 amide bonds. The number of rotatable bonds is 23. The number of benzene rings is 2. The Bertz CT molecular complexity index is 3170. The molecule has 0 aliphatic carbocycles. The summed E-state index contributed by atoms with van der Waals surface area (Å²) in [6.45, 7) is 0.211. The van der Waals surface area contributed by atoms with Gasteiger partial charge in [-0.15, -0.1) is 0 Å². The molecule has 38 heteroatoms. The maximum atomic E-state index is 15.3.